The molecule has 2 aromatic rings. The van der Waals surface area contributed by atoms with E-state index in [-0.39, 0.29) is 28.3 Å². The molecule has 126 valence electrons. The highest BCUT2D eigenvalue weighted by Gasteiger charge is 2.32. The van der Waals surface area contributed by atoms with Gasteiger partial charge in [0.15, 0.2) is 10.6 Å². The SMILES string of the molecule is Cc1cccc(S(=O)(=O)c2cccc(OCC3CO3)c2[N+](=O)[O-])c1. The van der Waals surface area contributed by atoms with Crippen molar-refractivity contribution >= 4 is 15.5 Å². The van der Waals surface area contributed by atoms with E-state index in [2.05, 4.69) is 0 Å². The number of hydrogen-bond acceptors (Lipinski definition) is 6. The van der Waals surface area contributed by atoms with Crippen molar-refractivity contribution in [2.45, 2.75) is 22.8 Å². The van der Waals surface area contributed by atoms with E-state index in [1.807, 2.05) is 0 Å². The molecule has 1 aliphatic heterocycles. The molecule has 0 amide bonds. The molecule has 1 fully saturated rings. The second-order valence-corrected chi connectivity index (χ2v) is 7.36. The van der Waals surface area contributed by atoms with Gasteiger partial charge < -0.3 is 9.47 Å². The van der Waals surface area contributed by atoms with Gasteiger partial charge in [-0.3, -0.25) is 10.1 Å². The highest BCUT2D eigenvalue weighted by atomic mass is 32.2. The minimum Gasteiger partial charge on any atom is -0.484 e. The van der Waals surface area contributed by atoms with E-state index < -0.39 is 20.4 Å². The topological polar surface area (TPSA) is 99.0 Å². The molecule has 1 aliphatic rings. The summed E-state index contributed by atoms with van der Waals surface area (Å²) >= 11 is 0. The maximum Gasteiger partial charge on any atom is 0.329 e. The van der Waals surface area contributed by atoms with E-state index in [1.54, 1.807) is 19.1 Å². The predicted molar refractivity (Wildman–Crippen MR) is 85.0 cm³/mol. The molecule has 0 spiro atoms. The van der Waals surface area contributed by atoms with Gasteiger partial charge in [0.1, 0.15) is 12.7 Å². The van der Waals surface area contributed by atoms with Crippen molar-refractivity contribution < 1.29 is 22.8 Å². The maximum absolute atomic E-state index is 12.8. The average Bonchev–Trinajstić information content (AvgIpc) is 3.36. The standard InChI is InChI=1S/C16H15NO6S/c1-11-4-2-5-13(8-11)24(20,21)15-7-3-6-14(16(15)17(18)19)23-10-12-9-22-12/h2-8,12H,9-10H2,1H3. The van der Waals surface area contributed by atoms with Gasteiger partial charge in [0.05, 0.1) is 16.4 Å². The maximum atomic E-state index is 12.8. The number of nitro benzene ring substituents is 1. The summed E-state index contributed by atoms with van der Waals surface area (Å²) in [5.41, 5.74) is 0.191. The van der Waals surface area contributed by atoms with E-state index in [0.29, 0.717) is 6.61 Å². The smallest absolute Gasteiger partial charge is 0.329 e. The molecule has 0 aliphatic carbocycles. The van der Waals surface area contributed by atoms with Crippen molar-refractivity contribution in [3.05, 3.63) is 58.1 Å². The molecule has 0 N–H and O–H groups in total. The van der Waals surface area contributed by atoms with Crippen LogP contribution < -0.4 is 4.74 Å². The van der Waals surface area contributed by atoms with E-state index in [1.165, 1.54) is 30.3 Å². The Hall–Kier alpha value is -2.45. The summed E-state index contributed by atoms with van der Waals surface area (Å²) in [7, 11) is -4.04. The second kappa shape index (κ2) is 6.21. The van der Waals surface area contributed by atoms with Crippen LogP contribution in [0.25, 0.3) is 0 Å². The molecule has 3 rings (SSSR count). The van der Waals surface area contributed by atoms with Gasteiger partial charge in [0.2, 0.25) is 9.84 Å². The lowest BCUT2D eigenvalue weighted by Gasteiger charge is -2.10. The van der Waals surface area contributed by atoms with Crippen molar-refractivity contribution in [2.75, 3.05) is 13.2 Å². The van der Waals surface area contributed by atoms with Crippen LogP contribution in [0.4, 0.5) is 5.69 Å². The van der Waals surface area contributed by atoms with Crippen LogP contribution in [0.3, 0.4) is 0 Å². The van der Waals surface area contributed by atoms with Gasteiger partial charge in [-0.05, 0) is 36.8 Å². The van der Waals surface area contributed by atoms with Gasteiger partial charge >= 0.3 is 5.69 Å². The molecule has 1 saturated heterocycles. The molecule has 0 bridgehead atoms. The fourth-order valence-electron chi connectivity index (χ4n) is 2.27. The van der Waals surface area contributed by atoms with E-state index in [4.69, 9.17) is 9.47 Å². The average molecular weight is 349 g/mol. The zero-order valence-corrected chi connectivity index (χ0v) is 13.7. The molecule has 0 saturated carbocycles. The Bertz CT molecular complexity index is 889. The molecule has 1 unspecified atom stereocenters. The largest absolute Gasteiger partial charge is 0.484 e. The first-order chi connectivity index (χ1) is 11.4. The molecule has 1 heterocycles. The van der Waals surface area contributed by atoms with Gasteiger partial charge in [0, 0.05) is 0 Å². The number of nitrogens with zero attached hydrogens (tertiary/aromatic N) is 1. The van der Waals surface area contributed by atoms with Crippen molar-refractivity contribution in [2.24, 2.45) is 0 Å². The predicted octanol–water partition coefficient (Wildman–Crippen LogP) is 2.51. The highest BCUT2D eigenvalue weighted by molar-refractivity contribution is 7.91. The van der Waals surface area contributed by atoms with Crippen LogP contribution in [0.5, 0.6) is 5.75 Å². The fraction of sp³-hybridized carbons (Fsp3) is 0.250. The van der Waals surface area contributed by atoms with Gasteiger partial charge in [-0.25, -0.2) is 8.42 Å². The Morgan fingerprint density at radius 3 is 2.62 bits per heavy atom. The Labute approximate surface area is 138 Å². The molecule has 0 radical (unpaired) electrons. The lowest BCUT2D eigenvalue weighted by molar-refractivity contribution is -0.388. The zero-order valence-electron chi connectivity index (χ0n) is 12.8. The molecular formula is C16H15NO6S. The summed E-state index contributed by atoms with van der Waals surface area (Å²) in [5.74, 6) is -0.0794. The molecular weight excluding hydrogens is 334 g/mol. The van der Waals surface area contributed by atoms with Gasteiger partial charge in [-0.1, -0.05) is 18.2 Å². The fourth-order valence-corrected chi connectivity index (χ4v) is 3.81. The van der Waals surface area contributed by atoms with Crippen LogP contribution in [-0.2, 0) is 14.6 Å². The van der Waals surface area contributed by atoms with Crippen molar-refractivity contribution in [1.29, 1.82) is 0 Å². The quantitative estimate of drug-likeness (QED) is 0.451. The number of rotatable bonds is 6. The summed E-state index contributed by atoms with van der Waals surface area (Å²) in [4.78, 5) is 10.4. The number of aryl methyl sites for hydroxylation is 1. The van der Waals surface area contributed by atoms with Gasteiger partial charge in [-0.2, -0.15) is 0 Å². The molecule has 0 aromatic heterocycles. The highest BCUT2D eigenvalue weighted by Crippen LogP contribution is 2.37. The number of hydrogen-bond donors (Lipinski definition) is 0. The van der Waals surface area contributed by atoms with Crippen LogP contribution in [0, 0.1) is 17.0 Å². The number of para-hydroxylation sites is 1. The molecule has 2 aromatic carbocycles. The number of nitro groups is 1. The molecule has 8 heteroatoms. The molecule has 24 heavy (non-hydrogen) atoms. The zero-order chi connectivity index (χ0) is 17.3. The van der Waals surface area contributed by atoms with Gasteiger partial charge in [-0.15, -0.1) is 0 Å². The minimum atomic E-state index is -4.04. The third-order valence-corrected chi connectivity index (χ3v) is 5.34. The van der Waals surface area contributed by atoms with Crippen LogP contribution in [0.2, 0.25) is 0 Å². The first-order valence-electron chi connectivity index (χ1n) is 7.23. The summed E-state index contributed by atoms with van der Waals surface area (Å²) < 4.78 is 36.0. The Kier molecular flexibility index (Phi) is 4.25. The number of epoxide rings is 1. The second-order valence-electron chi connectivity index (χ2n) is 5.45. The molecule has 1 atom stereocenters. The summed E-state index contributed by atoms with van der Waals surface area (Å²) in [6, 6.07) is 10.3. The minimum absolute atomic E-state index is 0.00766. The van der Waals surface area contributed by atoms with Crippen LogP contribution in [0.15, 0.2) is 52.3 Å². The normalized spacial score (nSPS) is 16.6. The first-order valence-corrected chi connectivity index (χ1v) is 8.71. The number of sulfone groups is 1. The van der Waals surface area contributed by atoms with Crippen molar-refractivity contribution in [1.82, 2.24) is 0 Å². The van der Waals surface area contributed by atoms with Gasteiger partial charge in [0.25, 0.3) is 0 Å². The van der Waals surface area contributed by atoms with Crippen LogP contribution >= 0.6 is 0 Å². The Morgan fingerprint density at radius 1 is 1.29 bits per heavy atom. The van der Waals surface area contributed by atoms with Crippen LogP contribution in [0.1, 0.15) is 5.56 Å². The number of benzene rings is 2. The van der Waals surface area contributed by atoms with E-state index in [9.17, 15) is 18.5 Å². The van der Waals surface area contributed by atoms with Crippen LogP contribution in [-0.4, -0.2) is 32.7 Å². The Balaban J connectivity index is 2.08. The third-order valence-electron chi connectivity index (χ3n) is 3.56. The summed E-state index contributed by atoms with van der Waals surface area (Å²) in [5, 5.41) is 11.5. The van der Waals surface area contributed by atoms with E-state index >= 15 is 0 Å². The van der Waals surface area contributed by atoms with Crippen molar-refractivity contribution in [3.63, 3.8) is 0 Å². The molecule has 7 nitrogen and oxygen atoms in total. The lowest BCUT2D eigenvalue weighted by atomic mass is 10.2. The third kappa shape index (κ3) is 3.24. The summed E-state index contributed by atoms with van der Waals surface area (Å²) in [6.07, 6.45) is -0.0957. The number of ether oxygens (including phenoxy) is 2. The van der Waals surface area contributed by atoms with Crippen molar-refractivity contribution in [3.8, 4) is 5.75 Å². The monoisotopic (exact) mass is 349 g/mol. The summed E-state index contributed by atoms with van der Waals surface area (Å²) in [6.45, 7) is 2.44. The van der Waals surface area contributed by atoms with E-state index in [0.717, 1.165) is 5.56 Å². The lowest BCUT2D eigenvalue weighted by Crippen LogP contribution is -2.10. The first kappa shape index (κ1) is 16.4. The Morgan fingerprint density at radius 2 is 2.00 bits per heavy atom.